The molecule has 2 heterocycles. The molecule has 2 fully saturated rings. The van der Waals surface area contributed by atoms with Gasteiger partial charge < -0.3 is 14.8 Å². The van der Waals surface area contributed by atoms with Crippen molar-refractivity contribution in [2.45, 2.75) is 59.7 Å². The number of carbonyl (C=O) groups is 3. The van der Waals surface area contributed by atoms with Crippen LogP contribution >= 0.6 is 0 Å². The molecule has 1 N–H and O–H groups in total. The van der Waals surface area contributed by atoms with Gasteiger partial charge in [-0.2, -0.15) is 0 Å². The van der Waals surface area contributed by atoms with Gasteiger partial charge >= 0.3 is 11.9 Å². The van der Waals surface area contributed by atoms with Gasteiger partial charge in [0, 0.05) is 17.7 Å². The first kappa shape index (κ1) is 28.5. The van der Waals surface area contributed by atoms with Gasteiger partial charge in [-0.3, -0.25) is 19.4 Å². The SMILES string of the molecule is CC1C[C@@]2(C(=O)NCC(=O)OC(C)(C)C)C(=O)OC(C)C2C(/C=C/c2ccc(-c3cccc(F)c3)cn2)C1C. The lowest BCUT2D eigenvalue weighted by atomic mass is 9.54. The molecule has 1 amide bonds. The van der Waals surface area contributed by atoms with Crippen LogP contribution in [-0.4, -0.2) is 41.1 Å². The lowest BCUT2D eigenvalue weighted by molar-refractivity contribution is -0.161. The summed E-state index contributed by atoms with van der Waals surface area (Å²) >= 11 is 0. The Hall–Kier alpha value is -3.55. The van der Waals surface area contributed by atoms with E-state index in [1.165, 1.54) is 12.1 Å². The Kier molecular flexibility index (Phi) is 7.96. The molecule has 1 saturated heterocycles. The van der Waals surface area contributed by atoms with E-state index in [4.69, 9.17) is 9.47 Å². The average Bonchev–Trinajstić information content (AvgIpc) is 3.12. The molecule has 7 nitrogen and oxygen atoms in total. The Morgan fingerprint density at radius 3 is 2.56 bits per heavy atom. The number of halogens is 1. The minimum absolute atomic E-state index is 0.0457. The molecular formula is C31H37FN2O5. The third-order valence-electron chi connectivity index (χ3n) is 7.95. The standard InChI is InChI=1S/C31H37FN2O5/c1-18-15-31(28(36)34-17-26(35)39-30(4,5)6)27(20(3)38-29(31)37)25(19(18)2)13-12-24-11-10-22(16-33-24)21-8-7-9-23(32)14-21/h7-14,16,18-20,25,27H,15,17H2,1-6H3,(H,34,36)/b13-12+/t18?,19?,20?,25?,27?,31-/m1/s1. The summed E-state index contributed by atoms with van der Waals surface area (Å²) in [5, 5.41) is 2.67. The van der Waals surface area contributed by atoms with Crippen molar-refractivity contribution in [3.05, 3.63) is 60.2 Å². The maximum atomic E-state index is 13.6. The summed E-state index contributed by atoms with van der Waals surface area (Å²) in [4.78, 5) is 43.7. The van der Waals surface area contributed by atoms with Crippen molar-refractivity contribution in [1.29, 1.82) is 0 Å². The van der Waals surface area contributed by atoms with Gasteiger partial charge in [-0.15, -0.1) is 0 Å². The van der Waals surface area contributed by atoms with Gasteiger partial charge in [0.1, 0.15) is 24.1 Å². The summed E-state index contributed by atoms with van der Waals surface area (Å²) in [6.07, 6.45) is 5.47. The molecule has 1 aromatic carbocycles. The van der Waals surface area contributed by atoms with Gasteiger partial charge in [0.25, 0.3) is 0 Å². The smallest absolute Gasteiger partial charge is 0.325 e. The minimum atomic E-state index is -1.39. The topological polar surface area (TPSA) is 94.6 Å². The second kappa shape index (κ2) is 10.9. The molecule has 0 spiro atoms. The number of fused-ring (bicyclic) bond motifs is 1. The number of nitrogens with zero attached hydrogens (tertiary/aromatic N) is 1. The molecule has 208 valence electrons. The summed E-state index contributed by atoms with van der Waals surface area (Å²) in [5.41, 5.74) is 0.175. The Morgan fingerprint density at radius 2 is 1.92 bits per heavy atom. The van der Waals surface area contributed by atoms with E-state index in [9.17, 15) is 18.8 Å². The highest BCUT2D eigenvalue weighted by molar-refractivity contribution is 6.05. The van der Waals surface area contributed by atoms with Gasteiger partial charge in [-0.1, -0.05) is 38.1 Å². The highest BCUT2D eigenvalue weighted by Gasteiger charge is 2.66. The third-order valence-corrected chi connectivity index (χ3v) is 7.95. The number of aromatic nitrogens is 1. The van der Waals surface area contributed by atoms with Crippen LogP contribution in [0.3, 0.4) is 0 Å². The molecule has 39 heavy (non-hydrogen) atoms. The van der Waals surface area contributed by atoms with Crippen molar-refractivity contribution in [3.8, 4) is 11.1 Å². The Morgan fingerprint density at radius 1 is 1.18 bits per heavy atom. The van der Waals surface area contributed by atoms with E-state index >= 15 is 0 Å². The fourth-order valence-corrected chi connectivity index (χ4v) is 6.02. The number of ether oxygens (including phenoxy) is 2. The summed E-state index contributed by atoms with van der Waals surface area (Å²) in [6.45, 7) is 10.9. The van der Waals surface area contributed by atoms with E-state index in [1.54, 1.807) is 33.0 Å². The van der Waals surface area contributed by atoms with E-state index in [2.05, 4.69) is 17.2 Å². The van der Waals surface area contributed by atoms with Gasteiger partial charge in [0.2, 0.25) is 5.91 Å². The monoisotopic (exact) mass is 536 g/mol. The van der Waals surface area contributed by atoms with E-state index in [1.807, 2.05) is 44.2 Å². The average molecular weight is 537 g/mol. The summed E-state index contributed by atoms with van der Waals surface area (Å²) in [5.74, 6) is -2.25. The van der Waals surface area contributed by atoms with Crippen LogP contribution in [0.25, 0.3) is 17.2 Å². The summed E-state index contributed by atoms with van der Waals surface area (Å²) < 4.78 is 24.6. The number of hydrogen-bond donors (Lipinski definition) is 1. The van der Waals surface area contributed by atoms with E-state index < -0.39 is 40.9 Å². The molecule has 2 aromatic rings. The van der Waals surface area contributed by atoms with Crippen LogP contribution in [0.1, 0.15) is 53.7 Å². The number of allylic oxidation sites excluding steroid dienone is 1. The number of hydrogen-bond acceptors (Lipinski definition) is 6. The quantitative estimate of drug-likeness (QED) is 0.403. The van der Waals surface area contributed by atoms with Crippen molar-refractivity contribution in [2.75, 3.05) is 6.54 Å². The fraction of sp³-hybridized carbons (Fsp3) is 0.484. The minimum Gasteiger partial charge on any atom is -0.461 e. The molecule has 2 aliphatic rings. The summed E-state index contributed by atoms with van der Waals surface area (Å²) in [7, 11) is 0. The van der Waals surface area contributed by atoms with Gasteiger partial charge in [0.05, 0.1) is 5.69 Å². The van der Waals surface area contributed by atoms with Crippen LogP contribution in [0.15, 0.2) is 48.7 Å². The zero-order valence-electron chi connectivity index (χ0n) is 23.4. The zero-order valence-corrected chi connectivity index (χ0v) is 23.4. The second-order valence-corrected chi connectivity index (χ2v) is 11.8. The predicted octanol–water partition coefficient (Wildman–Crippen LogP) is 5.20. The molecule has 0 radical (unpaired) electrons. The Labute approximate surface area is 229 Å². The van der Waals surface area contributed by atoms with E-state index in [0.717, 1.165) is 11.1 Å². The lowest BCUT2D eigenvalue weighted by Gasteiger charge is -2.46. The van der Waals surface area contributed by atoms with E-state index in [0.29, 0.717) is 12.1 Å². The van der Waals surface area contributed by atoms with Crippen LogP contribution in [0, 0.1) is 34.9 Å². The van der Waals surface area contributed by atoms with Crippen molar-refractivity contribution in [2.24, 2.45) is 29.1 Å². The van der Waals surface area contributed by atoms with Crippen LogP contribution in [0.2, 0.25) is 0 Å². The Bertz CT molecular complexity index is 1270. The first-order valence-electron chi connectivity index (χ1n) is 13.4. The fourth-order valence-electron chi connectivity index (χ4n) is 6.02. The van der Waals surface area contributed by atoms with Crippen molar-refractivity contribution in [1.82, 2.24) is 10.3 Å². The van der Waals surface area contributed by atoms with Crippen molar-refractivity contribution < 1.29 is 28.2 Å². The number of amides is 1. The number of pyridine rings is 1. The number of esters is 2. The van der Waals surface area contributed by atoms with Crippen LogP contribution in [-0.2, 0) is 23.9 Å². The van der Waals surface area contributed by atoms with Gasteiger partial charge in [-0.25, -0.2) is 4.39 Å². The molecule has 4 rings (SSSR count). The predicted molar refractivity (Wildman–Crippen MR) is 145 cm³/mol. The van der Waals surface area contributed by atoms with Crippen molar-refractivity contribution >= 4 is 23.9 Å². The molecule has 1 saturated carbocycles. The molecular weight excluding hydrogens is 499 g/mol. The van der Waals surface area contributed by atoms with Crippen LogP contribution < -0.4 is 5.32 Å². The number of carbonyl (C=O) groups excluding carboxylic acids is 3. The maximum Gasteiger partial charge on any atom is 0.325 e. The van der Waals surface area contributed by atoms with Crippen LogP contribution in [0.4, 0.5) is 4.39 Å². The molecule has 6 atom stereocenters. The largest absolute Gasteiger partial charge is 0.461 e. The van der Waals surface area contributed by atoms with Gasteiger partial charge in [-0.05, 0) is 81.7 Å². The molecule has 1 aromatic heterocycles. The normalized spacial score (nSPS) is 28.6. The zero-order chi connectivity index (χ0) is 28.5. The van der Waals surface area contributed by atoms with Gasteiger partial charge in [0.15, 0.2) is 5.41 Å². The van der Waals surface area contributed by atoms with E-state index in [-0.39, 0.29) is 30.1 Å². The molecule has 0 bridgehead atoms. The first-order valence-corrected chi connectivity index (χ1v) is 13.4. The number of cyclic esters (lactones) is 1. The van der Waals surface area contributed by atoms with Crippen molar-refractivity contribution in [3.63, 3.8) is 0 Å². The number of nitrogens with one attached hydrogen (secondary N) is 1. The highest BCUT2D eigenvalue weighted by Crippen LogP contribution is 2.56. The molecule has 8 heteroatoms. The highest BCUT2D eigenvalue weighted by atomic mass is 19.1. The molecule has 1 aliphatic heterocycles. The third kappa shape index (κ3) is 5.89. The first-order chi connectivity index (χ1) is 18.3. The molecule has 5 unspecified atom stereocenters. The maximum absolute atomic E-state index is 13.6. The second-order valence-electron chi connectivity index (χ2n) is 11.8. The number of rotatable bonds is 6. The van der Waals surface area contributed by atoms with Crippen LogP contribution in [0.5, 0.6) is 0 Å². The Balaban J connectivity index is 1.57. The number of benzene rings is 1. The molecule has 1 aliphatic carbocycles. The summed E-state index contributed by atoms with van der Waals surface area (Å²) in [6, 6.07) is 10.1. The lowest BCUT2D eigenvalue weighted by Crippen LogP contribution is -2.56.